The summed E-state index contributed by atoms with van der Waals surface area (Å²) in [6.07, 6.45) is 3.88. The molecule has 2 N–H and O–H groups in total. The number of aldehydes is 1. The van der Waals surface area contributed by atoms with E-state index in [4.69, 9.17) is 0 Å². The van der Waals surface area contributed by atoms with Crippen LogP contribution in [0.25, 0.3) is 11.0 Å². The molecule has 0 aliphatic rings. The largest absolute Gasteiger partial charge is 0.364 e. The van der Waals surface area contributed by atoms with Crippen molar-refractivity contribution in [2.45, 2.75) is 6.54 Å². The number of nitrogens with zero attached hydrogens (tertiary/aromatic N) is 2. The van der Waals surface area contributed by atoms with Gasteiger partial charge in [0.25, 0.3) is 0 Å². The Bertz CT molecular complexity index is 706. The number of nitrogens with one attached hydrogen (secondary N) is 2. The number of H-pyrrole nitrogens is 1. The van der Waals surface area contributed by atoms with E-state index < -0.39 is 0 Å². The van der Waals surface area contributed by atoms with Crippen molar-refractivity contribution in [3.63, 3.8) is 0 Å². The molecule has 5 nitrogen and oxygen atoms in total. The summed E-state index contributed by atoms with van der Waals surface area (Å²) in [5, 5.41) is 3.24. The molecule has 5 heteroatoms. The van der Waals surface area contributed by atoms with Crippen molar-refractivity contribution in [3.8, 4) is 0 Å². The maximum absolute atomic E-state index is 10.9. The molecule has 0 radical (unpaired) electrons. The molecule has 0 bridgehead atoms. The third-order valence-electron chi connectivity index (χ3n) is 2.92. The van der Waals surface area contributed by atoms with Gasteiger partial charge in [0, 0.05) is 12.7 Å². The number of rotatable bonds is 4. The topological polar surface area (TPSA) is 70.7 Å². The minimum atomic E-state index is 0.542. The lowest BCUT2D eigenvalue weighted by molar-refractivity contribution is 0.112. The fourth-order valence-corrected chi connectivity index (χ4v) is 1.96. The van der Waals surface area contributed by atoms with Crippen molar-refractivity contribution in [3.05, 3.63) is 54.0 Å². The molecule has 3 aromatic rings. The Morgan fingerprint density at radius 2 is 2.05 bits per heavy atom. The SMILES string of the molecule is O=Cc1c[nH]c2c(NCc3ccccc3)ncnc12. The van der Waals surface area contributed by atoms with Gasteiger partial charge in [0.15, 0.2) is 12.1 Å². The van der Waals surface area contributed by atoms with Gasteiger partial charge in [-0.2, -0.15) is 0 Å². The van der Waals surface area contributed by atoms with Gasteiger partial charge in [-0.3, -0.25) is 4.79 Å². The Hall–Kier alpha value is -2.69. The van der Waals surface area contributed by atoms with E-state index in [-0.39, 0.29) is 0 Å². The Morgan fingerprint density at radius 1 is 1.21 bits per heavy atom. The lowest BCUT2D eigenvalue weighted by Gasteiger charge is -2.06. The average molecular weight is 252 g/mol. The first-order valence-corrected chi connectivity index (χ1v) is 5.93. The van der Waals surface area contributed by atoms with Crippen LogP contribution in [0.15, 0.2) is 42.9 Å². The zero-order chi connectivity index (χ0) is 13.1. The summed E-state index contributed by atoms with van der Waals surface area (Å²) in [7, 11) is 0. The molecule has 2 heterocycles. The number of hydrogen-bond acceptors (Lipinski definition) is 4. The van der Waals surface area contributed by atoms with Crippen LogP contribution in [-0.2, 0) is 6.54 Å². The maximum Gasteiger partial charge on any atom is 0.154 e. The smallest absolute Gasteiger partial charge is 0.154 e. The number of carbonyl (C=O) groups excluding carboxylic acids is 1. The van der Waals surface area contributed by atoms with Gasteiger partial charge in [-0.25, -0.2) is 9.97 Å². The molecule has 19 heavy (non-hydrogen) atoms. The van der Waals surface area contributed by atoms with Crippen LogP contribution >= 0.6 is 0 Å². The number of carbonyl (C=O) groups is 1. The minimum Gasteiger partial charge on any atom is -0.364 e. The van der Waals surface area contributed by atoms with Crippen LogP contribution in [0.3, 0.4) is 0 Å². The molecule has 0 spiro atoms. The standard InChI is InChI=1S/C14H12N4O/c19-8-11-7-15-13-12(11)17-9-18-14(13)16-6-10-4-2-1-3-5-10/h1-5,7-9,15H,6H2,(H,16,17,18). The van der Waals surface area contributed by atoms with Gasteiger partial charge in [-0.05, 0) is 5.56 Å². The molecular weight excluding hydrogens is 240 g/mol. The normalized spacial score (nSPS) is 10.5. The van der Waals surface area contributed by atoms with Gasteiger partial charge in [0.05, 0.1) is 5.56 Å². The van der Waals surface area contributed by atoms with Crippen molar-refractivity contribution >= 4 is 23.1 Å². The summed E-state index contributed by atoms with van der Waals surface area (Å²) in [4.78, 5) is 22.2. The molecule has 0 aliphatic carbocycles. The summed E-state index contributed by atoms with van der Waals surface area (Å²) in [6, 6.07) is 10.0. The molecule has 94 valence electrons. The zero-order valence-corrected chi connectivity index (χ0v) is 10.1. The highest BCUT2D eigenvalue weighted by molar-refractivity contribution is 5.98. The second kappa shape index (κ2) is 4.89. The lowest BCUT2D eigenvalue weighted by atomic mass is 10.2. The second-order valence-electron chi connectivity index (χ2n) is 4.15. The van der Waals surface area contributed by atoms with Crippen LogP contribution in [0.5, 0.6) is 0 Å². The first-order valence-electron chi connectivity index (χ1n) is 5.93. The number of aromatic nitrogens is 3. The van der Waals surface area contributed by atoms with Crippen molar-refractivity contribution in [1.82, 2.24) is 15.0 Å². The maximum atomic E-state index is 10.9. The Balaban J connectivity index is 1.89. The summed E-state index contributed by atoms with van der Waals surface area (Å²) >= 11 is 0. The predicted molar refractivity (Wildman–Crippen MR) is 73.0 cm³/mol. The van der Waals surface area contributed by atoms with E-state index in [9.17, 15) is 4.79 Å². The van der Waals surface area contributed by atoms with Gasteiger partial charge >= 0.3 is 0 Å². The molecule has 3 rings (SSSR count). The van der Waals surface area contributed by atoms with E-state index in [1.54, 1.807) is 6.20 Å². The zero-order valence-electron chi connectivity index (χ0n) is 10.1. The third-order valence-corrected chi connectivity index (χ3v) is 2.92. The molecule has 0 fully saturated rings. The molecule has 0 atom stereocenters. The highest BCUT2D eigenvalue weighted by atomic mass is 16.1. The molecule has 0 saturated carbocycles. The first-order chi connectivity index (χ1) is 9.38. The number of hydrogen-bond donors (Lipinski definition) is 2. The van der Waals surface area contributed by atoms with Crippen molar-refractivity contribution in [1.29, 1.82) is 0 Å². The summed E-state index contributed by atoms with van der Waals surface area (Å²) in [5.74, 6) is 0.696. The lowest BCUT2D eigenvalue weighted by Crippen LogP contribution is -2.02. The van der Waals surface area contributed by atoms with Crippen LogP contribution in [0.2, 0.25) is 0 Å². The fourth-order valence-electron chi connectivity index (χ4n) is 1.96. The van der Waals surface area contributed by atoms with Gasteiger partial charge < -0.3 is 10.3 Å². The minimum absolute atomic E-state index is 0.542. The number of anilines is 1. The number of benzene rings is 1. The average Bonchev–Trinajstić information content (AvgIpc) is 2.90. The van der Waals surface area contributed by atoms with E-state index in [1.165, 1.54) is 6.33 Å². The molecule has 0 saturated heterocycles. The summed E-state index contributed by atoms with van der Waals surface area (Å²) in [6.45, 7) is 0.669. The third kappa shape index (κ3) is 2.18. The molecule has 0 amide bonds. The Morgan fingerprint density at radius 3 is 2.84 bits per heavy atom. The summed E-state index contributed by atoms with van der Waals surface area (Å²) in [5.41, 5.74) is 3.10. The predicted octanol–water partition coefficient (Wildman–Crippen LogP) is 2.38. The van der Waals surface area contributed by atoms with Crippen LogP contribution in [0.4, 0.5) is 5.82 Å². The molecule has 0 unspecified atom stereocenters. The number of aromatic amines is 1. The van der Waals surface area contributed by atoms with E-state index in [0.29, 0.717) is 23.4 Å². The van der Waals surface area contributed by atoms with Gasteiger partial charge in [-0.15, -0.1) is 0 Å². The molecular formula is C14H12N4O. The van der Waals surface area contributed by atoms with Crippen LogP contribution in [0, 0.1) is 0 Å². The van der Waals surface area contributed by atoms with E-state index >= 15 is 0 Å². The van der Waals surface area contributed by atoms with Gasteiger partial charge in [-0.1, -0.05) is 30.3 Å². The van der Waals surface area contributed by atoms with Crippen molar-refractivity contribution in [2.24, 2.45) is 0 Å². The molecule has 1 aromatic carbocycles. The van der Waals surface area contributed by atoms with Crippen LogP contribution in [0.1, 0.15) is 15.9 Å². The summed E-state index contributed by atoms with van der Waals surface area (Å²) < 4.78 is 0. The highest BCUT2D eigenvalue weighted by Crippen LogP contribution is 2.20. The Kier molecular flexibility index (Phi) is 2.94. The van der Waals surface area contributed by atoms with Crippen molar-refractivity contribution in [2.75, 3.05) is 5.32 Å². The van der Waals surface area contributed by atoms with E-state index in [1.807, 2.05) is 30.3 Å². The number of fused-ring (bicyclic) bond motifs is 1. The van der Waals surface area contributed by atoms with Crippen molar-refractivity contribution < 1.29 is 4.79 Å². The quantitative estimate of drug-likeness (QED) is 0.699. The van der Waals surface area contributed by atoms with E-state index in [0.717, 1.165) is 17.4 Å². The molecule has 2 aromatic heterocycles. The van der Waals surface area contributed by atoms with Crippen LogP contribution < -0.4 is 5.32 Å². The monoisotopic (exact) mass is 252 g/mol. The van der Waals surface area contributed by atoms with Gasteiger partial charge in [0.1, 0.15) is 17.4 Å². The second-order valence-corrected chi connectivity index (χ2v) is 4.15. The first kappa shape index (κ1) is 11.4. The van der Waals surface area contributed by atoms with E-state index in [2.05, 4.69) is 20.3 Å². The Labute approximate surface area is 109 Å². The fraction of sp³-hybridized carbons (Fsp3) is 0.0714. The van der Waals surface area contributed by atoms with Gasteiger partial charge in [0.2, 0.25) is 0 Å². The molecule has 0 aliphatic heterocycles. The highest BCUT2D eigenvalue weighted by Gasteiger charge is 2.08. The van der Waals surface area contributed by atoms with Crippen LogP contribution in [-0.4, -0.2) is 21.2 Å².